The molecule has 98 valence electrons. The predicted molar refractivity (Wildman–Crippen MR) is 66.5 cm³/mol. The van der Waals surface area contributed by atoms with E-state index < -0.39 is 0 Å². The first-order valence-electron chi connectivity index (χ1n) is 6.44. The number of ether oxygens (including phenoxy) is 1. The Hall–Kier alpha value is -0.860. The van der Waals surface area contributed by atoms with Gasteiger partial charge in [-0.05, 0) is 24.2 Å². The van der Waals surface area contributed by atoms with Gasteiger partial charge in [-0.15, -0.1) is 0 Å². The summed E-state index contributed by atoms with van der Waals surface area (Å²) in [6.07, 6.45) is 2.28. The molecule has 0 N–H and O–H groups in total. The number of esters is 1. The van der Waals surface area contributed by atoms with Crippen LogP contribution in [0.3, 0.4) is 0 Å². The fourth-order valence-electron chi connectivity index (χ4n) is 2.64. The van der Waals surface area contributed by atoms with Gasteiger partial charge in [-0.1, -0.05) is 34.6 Å². The van der Waals surface area contributed by atoms with Crippen molar-refractivity contribution in [1.29, 1.82) is 0 Å². The minimum absolute atomic E-state index is 0.0251. The van der Waals surface area contributed by atoms with Crippen LogP contribution in [0.2, 0.25) is 0 Å². The Morgan fingerprint density at radius 1 is 1.29 bits per heavy atom. The Kier molecular flexibility index (Phi) is 4.00. The summed E-state index contributed by atoms with van der Waals surface area (Å²) in [7, 11) is 0. The highest BCUT2D eigenvalue weighted by Crippen LogP contribution is 2.56. The lowest BCUT2D eigenvalue weighted by molar-refractivity contribution is -0.152. The molecule has 1 saturated carbocycles. The van der Waals surface area contributed by atoms with E-state index >= 15 is 0 Å². The van der Waals surface area contributed by atoms with Crippen molar-refractivity contribution in [3.05, 3.63) is 0 Å². The van der Waals surface area contributed by atoms with E-state index in [1.807, 2.05) is 6.92 Å². The third kappa shape index (κ3) is 2.38. The van der Waals surface area contributed by atoms with Crippen LogP contribution < -0.4 is 0 Å². The number of hydrogen-bond donors (Lipinski definition) is 0. The van der Waals surface area contributed by atoms with Gasteiger partial charge >= 0.3 is 5.97 Å². The second-order valence-corrected chi connectivity index (χ2v) is 5.93. The zero-order chi connectivity index (χ0) is 13.3. The van der Waals surface area contributed by atoms with E-state index in [4.69, 9.17) is 4.74 Å². The van der Waals surface area contributed by atoms with Crippen molar-refractivity contribution in [2.24, 2.45) is 16.7 Å². The summed E-state index contributed by atoms with van der Waals surface area (Å²) in [4.78, 5) is 23.4. The molecule has 3 heteroatoms. The molecule has 0 saturated heterocycles. The van der Waals surface area contributed by atoms with Crippen LogP contribution in [0, 0.1) is 16.7 Å². The van der Waals surface area contributed by atoms with Gasteiger partial charge in [-0.3, -0.25) is 9.59 Å². The Morgan fingerprint density at radius 2 is 1.88 bits per heavy atom. The number of hydrogen-bond acceptors (Lipinski definition) is 3. The maximum atomic E-state index is 12.3. The van der Waals surface area contributed by atoms with Crippen molar-refractivity contribution in [2.45, 2.75) is 53.9 Å². The quantitative estimate of drug-likeness (QED) is 0.709. The number of rotatable bonds is 4. The van der Waals surface area contributed by atoms with Crippen LogP contribution in [-0.4, -0.2) is 18.4 Å². The van der Waals surface area contributed by atoms with Gasteiger partial charge in [0.25, 0.3) is 0 Å². The summed E-state index contributed by atoms with van der Waals surface area (Å²) in [5.74, 6) is 0.290. The first kappa shape index (κ1) is 14.2. The molecule has 2 unspecified atom stereocenters. The first-order chi connectivity index (χ1) is 7.75. The lowest BCUT2D eigenvalue weighted by atomic mass is 9.64. The summed E-state index contributed by atoms with van der Waals surface area (Å²) >= 11 is 0. The molecule has 2 atom stereocenters. The van der Waals surface area contributed by atoms with Crippen LogP contribution in [0.25, 0.3) is 0 Å². The van der Waals surface area contributed by atoms with E-state index in [2.05, 4.69) is 20.8 Å². The highest BCUT2D eigenvalue weighted by molar-refractivity contribution is 5.88. The molecule has 0 aliphatic heterocycles. The second-order valence-electron chi connectivity index (χ2n) is 5.93. The van der Waals surface area contributed by atoms with E-state index in [1.54, 1.807) is 6.92 Å². The van der Waals surface area contributed by atoms with Crippen molar-refractivity contribution in [3.63, 3.8) is 0 Å². The highest BCUT2D eigenvalue weighted by Gasteiger charge is 2.53. The molecule has 0 amide bonds. The van der Waals surface area contributed by atoms with Crippen molar-refractivity contribution in [3.8, 4) is 0 Å². The molecule has 0 bridgehead atoms. The predicted octanol–water partition coefficient (Wildman–Crippen LogP) is 2.97. The zero-order valence-electron chi connectivity index (χ0n) is 11.6. The lowest BCUT2D eigenvalue weighted by Crippen LogP contribution is -2.42. The Labute approximate surface area is 104 Å². The van der Waals surface area contributed by atoms with Gasteiger partial charge in [0.2, 0.25) is 0 Å². The molecular formula is C14H24O3. The molecule has 17 heavy (non-hydrogen) atoms. The summed E-state index contributed by atoms with van der Waals surface area (Å²) < 4.78 is 4.97. The Morgan fingerprint density at radius 3 is 2.29 bits per heavy atom. The second kappa shape index (κ2) is 4.79. The minimum Gasteiger partial charge on any atom is -0.458 e. The monoisotopic (exact) mass is 240 g/mol. The topological polar surface area (TPSA) is 43.4 Å². The molecule has 0 spiro atoms. The van der Waals surface area contributed by atoms with Gasteiger partial charge in [0, 0.05) is 11.8 Å². The Balaban J connectivity index is 2.71. The molecule has 0 aromatic heterocycles. The molecule has 0 aromatic carbocycles. The molecule has 0 heterocycles. The van der Waals surface area contributed by atoms with Gasteiger partial charge in [0.15, 0.2) is 12.4 Å². The third-order valence-corrected chi connectivity index (χ3v) is 5.00. The van der Waals surface area contributed by atoms with E-state index in [0.717, 1.165) is 12.8 Å². The molecule has 1 aliphatic carbocycles. The third-order valence-electron chi connectivity index (χ3n) is 5.00. The van der Waals surface area contributed by atoms with E-state index in [-0.39, 0.29) is 29.2 Å². The van der Waals surface area contributed by atoms with Crippen LogP contribution in [0.5, 0.6) is 0 Å². The van der Waals surface area contributed by atoms with Gasteiger partial charge in [0.05, 0.1) is 0 Å². The number of carbonyl (C=O) groups is 2. The summed E-state index contributed by atoms with van der Waals surface area (Å²) in [6, 6.07) is 0. The largest absolute Gasteiger partial charge is 0.458 e. The van der Waals surface area contributed by atoms with Crippen molar-refractivity contribution in [1.82, 2.24) is 0 Å². The van der Waals surface area contributed by atoms with Gasteiger partial charge in [-0.2, -0.15) is 0 Å². The Bertz CT molecular complexity index is 319. The average Bonchev–Trinajstić information content (AvgIpc) is 2.50. The van der Waals surface area contributed by atoms with Gasteiger partial charge < -0.3 is 4.74 Å². The van der Waals surface area contributed by atoms with E-state index in [1.165, 1.54) is 0 Å². The average molecular weight is 240 g/mol. The summed E-state index contributed by atoms with van der Waals surface area (Å²) in [5, 5.41) is 0. The van der Waals surface area contributed by atoms with Crippen LogP contribution >= 0.6 is 0 Å². The maximum absolute atomic E-state index is 12.3. The molecule has 1 fully saturated rings. The fourth-order valence-corrected chi connectivity index (χ4v) is 2.64. The van der Waals surface area contributed by atoms with E-state index in [9.17, 15) is 9.59 Å². The lowest BCUT2D eigenvalue weighted by Gasteiger charge is -2.39. The number of ketones is 1. The smallest absolute Gasteiger partial charge is 0.305 e. The molecule has 3 nitrogen and oxygen atoms in total. The van der Waals surface area contributed by atoms with Crippen molar-refractivity contribution < 1.29 is 14.3 Å². The van der Waals surface area contributed by atoms with Crippen LogP contribution in [0.4, 0.5) is 0 Å². The molecular weight excluding hydrogens is 216 g/mol. The van der Waals surface area contributed by atoms with Crippen molar-refractivity contribution in [2.75, 3.05) is 6.61 Å². The number of carbonyl (C=O) groups excluding carboxylic acids is 2. The molecule has 0 radical (unpaired) electrons. The molecule has 1 aliphatic rings. The minimum atomic E-state index is -0.361. The van der Waals surface area contributed by atoms with Crippen LogP contribution in [0.15, 0.2) is 0 Å². The van der Waals surface area contributed by atoms with Gasteiger partial charge in [-0.25, -0.2) is 0 Å². The van der Waals surface area contributed by atoms with Crippen LogP contribution in [0.1, 0.15) is 53.9 Å². The molecule has 1 rings (SSSR count). The maximum Gasteiger partial charge on any atom is 0.305 e. The highest BCUT2D eigenvalue weighted by atomic mass is 16.5. The zero-order valence-corrected chi connectivity index (χ0v) is 11.6. The van der Waals surface area contributed by atoms with Crippen LogP contribution in [-0.2, 0) is 14.3 Å². The van der Waals surface area contributed by atoms with Crippen molar-refractivity contribution >= 4 is 11.8 Å². The summed E-state index contributed by atoms with van der Waals surface area (Å²) in [5.41, 5.74) is -0.386. The fraction of sp³-hybridized carbons (Fsp3) is 0.857. The van der Waals surface area contributed by atoms with E-state index in [0.29, 0.717) is 12.3 Å². The SMILES string of the molecule is CCC(=O)OCC(=O)C1(C)CCC(C)C1(C)C. The van der Waals surface area contributed by atoms with Gasteiger partial charge in [0.1, 0.15) is 0 Å². The summed E-state index contributed by atoms with van der Waals surface area (Å²) in [6.45, 7) is 10.2. The standard InChI is InChI=1S/C14H24O3/c1-6-12(16)17-9-11(15)14(5)8-7-10(2)13(14,3)4/h10H,6-9H2,1-5H3. The first-order valence-corrected chi connectivity index (χ1v) is 6.44. The number of Topliss-reactive ketones (excluding diaryl/α,β-unsaturated/α-hetero) is 1. The molecule has 0 aromatic rings. The normalized spacial score (nSPS) is 31.2.